The molecule has 18 heavy (non-hydrogen) atoms. The molecule has 0 heterocycles. The average Bonchev–Trinajstić information content (AvgIpc) is 2.28. The first kappa shape index (κ1) is 14.2. The van der Waals surface area contributed by atoms with Crippen molar-refractivity contribution in [2.45, 2.75) is 19.9 Å². The first-order valence-corrected chi connectivity index (χ1v) is 5.65. The van der Waals surface area contributed by atoms with Gasteiger partial charge in [0.2, 0.25) is 5.91 Å². The summed E-state index contributed by atoms with van der Waals surface area (Å²) in [5, 5.41) is 11.1. The van der Waals surface area contributed by atoms with Crippen molar-refractivity contribution in [3.05, 3.63) is 35.4 Å². The third-order valence-corrected chi connectivity index (χ3v) is 2.49. The summed E-state index contributed by atoms with van der Waals surface area (Å²) in [6.07, 6.45) is 0. The van der Waals surface area contributed by atoms with Gasteiger partial charge in [0.1, 0.15) is 13.2 Å². The summed E-state index contributed by atoms with van der Waals surface area (Å²) in [5.41, 5.74) is 2.13. The standard InChI is InChI=1S/C13H17NO4/c1-9-5-3-4-6-11(9)10(2)14-12(15)7-18-8-13(16)17/h3-6,10H,7-8H2,1-2H3,(H,14,15)(H,16,17). The lowest BCUT2D eigenvalue weighted by molar-refractivity contribution is -0.143. The minimum atomic E-state index is -1.09. The van der Waals surface area contributed by atoms with Crippen LogP contribution < -0.4 is 5.32 Å². The van der Waals surface area contributed by atoms with Gasteiger partial charge in [-0.2, -0.15) is 0 Å². The van der Waals surface area contributed by atoms with Crippen molar-refractivity contribution in [2.75, 3.05) is 13.2 Å². The summed E-state index contributed by atoms with van der Waals surface area (Å²) in [7, 11) is 0. The number of aryl methyl sites for hydroxylation is 1. The van der Waals surface area contributed by atoms with Gasteiger partial charge in [-0.25, -0.2) is 4.79 Å². The van der Waals surface area contributed by atoms with E-state index >= 15 is 0 Å². The number of carboxylic acid groups (broad SMARTS) is 1. The zero-order valence-corrected chi connectivity index (χ0v) is 10.5. The number of carbonyl (C=O) groups is 2. The van der Waals surface area contributed by atoms with Crippen LogP contribution in [0.4, 0.5) is 0 Å². The van der Waals surface area contributed by atoms with E-state index in [1.54, 1.807) is 0 Å². The molecular formula is C13H17NO4. The number of rotatable bonds is 6. The van der Waals surface area contributed by atoms with Gasteiger partial charge in [-0.1, -0.05) is 24.3 Å². The highest BCUT2D eigenvalue weighted by Gasteiger charge is 2.11. The fourth-order valence-corrected chi connectivity index (χ4v) is 1.66. The minimum absolute atomic E-state index is 0.132. The molecule has 0 bridgehead atoms. The van der Waals surface area contributed by atoms with Gasteiger partial charge in [0.15, 0.2) is 0 Å². The first-order valence-electron chi connectivity index (χ1n) is 5.65. The van der Waals surface area contributed by atoms with Crippen molar-refractivity contribution in [1.29, 1.82) is 0 Å². The molecule has 1 aromatic rings. The molecular weight excluding hydrogens is 234 g/mol. The summed E-state index contributed by atoms with van der Waals surface area (Å²) in [5.74, 6) is -1.42. The molecule has 0 aliphatic heterocycles. The van der Waals surface area contributed by atoms with Gasteiger partial charge in [0.05, 0.1) is 6.04 Å². The van der Waals surface area contributed by atoms with E-state index in [0.29, 0.717) is 0 Å². The predicted molar refractivity (Wildman–Crippen MR) is 66.2 cm³/mol. The molecule has 2 N–H and O–H groups in total. The van der Waals surface area contributed by atoms with Crippen LogP contribution in [-0.4, -0.2) is 30.2 Å². The number of carbonyl (C=O) groups excluding carboxylic acids is 1. The number of aliphatic carboxylic acids is 1. The van der Waals surface area contributed by atoms with Gasteiger partial charge in [-0.05, 0) is 25.0 Å². The molecule has 0 radical (unpaired) electrons. The summed E-state index contributed by atoms with van der Waals surface area (Å²) < 4.78 is 4.71. The molecule has 5 nitrogen and oxygen atoms in total. The Bertz CT molecular complexity index is 431. The molecule has 1 atom stereocenters. The molecule has 0 saturated heterocycles. The quantitative estimate of drug-likeness (QED) is 0.798. The molecule has 98 valence electrons. The van der Waals surface area contributed by atoms with Crippen LogP contribution in [0, 0.1) is 6.92 Å². The Hall–Kier alpha value is -1.88. The molecule has 1 unspecified atom stereocenters. The second-order valence-electron chi connectivity index (χ2n) is 4.03. The third-order valence-electron chi connectivity index (χ3n) is 2.49. The lowest BCUT2D eigenvalue weighted by Crippen LogP contribution is -2.31. The molecule has 5 heteroatoms. The molecule has 1 aromatic carbocycles. The SMILES string of the molecule is Cc1ccccc1C(C)NC(=O)COCC(=O)O. The van der Waals surface area contributed by atoms with Crippen LogP contribution in [0.3, 0.4) is 0 Å². The first-order chi connectivity index (χ1) is 8.50. The fraction of sp³-hybridized carbons (Fsp3) is 0.385. The van der Waals surface area contributed by atoms with Crippen LogP contribution >= 0.6 is 0 Å². The largest absolute Gasteiger partial charge is 0.480 e. The zero-order valence-electron chi connectivity index (χ0n) is 10.5. The van der Waals surface area contributed by atoms with Gasteiger partial charge in [0.25, 0.3) is 0 Å². The summed E-state index contributed by atoms with van der Waals surface area (Å²) in [6.45, 7) is 3.13. The summed E-state index contributed by atoms with van der Waals surface area (Å²) in [4.78, 5) is 21.7. The van der Waals surface area contributed by atoms with Gasteiger partial charge >= 0.3 is 5.97 Å². The van der Waals surface area contributed by atoms with E-state index in [1.807, 2.05) is 38.1 Å². The van der Waals surface area contributed by atoms with Crippen LogP contribution in [0.1, 0.15) is 24.1 Å². The highest BCUT2D eigenvalue weighted by molar-refractivity contribution is 5.78. The monoisotopic (exact) mass is 251 g/mol. The van der Waals surface area contributed by atoms with Crippen LogP contribution in [0.5, 0.6) is 0 Å². The molecule has 0 aromatic heterocycles. The van der Waals surface area contributed by atoms with Crippen molar-refractivity contribution < 1.29 is 19.4 Å². The Morgan fingerprint density at radius 2 is 2.00 bits per heavy atom. The molecule has 0 spiro atoms. The summed E-state index contributed by atoms with van der Waals surface area (Å²) >= 11 is 0. The van der Waals surface area contributed by atoms with Crippen LogP contribution in [0.2, 0.25) is 0 Å². The Morgan fingerprint density at radius 1 is 1.33 bits per heavy atom. The van der Waals surface area contributed by atoms with Crippen molar-refractivity contribution >= 4 is 11.9 Å². The maximum Gasteiger partial charge on any atom is 0.329 e. The van der Waals surface area contributed by atoms with E-state index in [1.165, 1.54) is 0 Å². The Balaban J connectivity index is 2.45. The van der Waals surface area contributed by atoms with Crippen LogP contribution in [-0.2, 0) is 14.3 Å². The zero-order chi connectivity index (χ0) is 13.5. The molecule has 0 fully saturated rings. The highest BCUT2D eigenvalue weighted by Crippen LogP contribution is 2.16. The van der Waals surface area contributed by atoms with E-state index < -0.39 is 12.6 Å². The molecule has 0 saturated carbocycles. The molecule has 1 rings (SSSR count). The van der Waals surface area contributed by atoms with E-state index in [9.17, 15) is 9.59 Å². The fourth-order valence-electron chi connectivity index (χ4n) is 1.66. The Labute approximate surface area is 106 Å². The topological polar surface area (TPSA) is 75.6 Å². The van der Waals surface area contributed by atoms with E-state index in [2.05, 4.69) is 5.32 Å². The van der Waals surface area contributed by atoms with Gasteiger partial charge < -0.3 is 15.2 Å². The number of hydrogen-bond donors (Lipinski definition) is 2. The Kier molecular flexibility index (Phi) is 5.32. The van der Waals surface area contributed by atoms with Crippen LogP contribution in [0.25, 0.3) is 0 Å². The van der Waals surface area contributed by atoms with E-state index in [4.69, 9.17) is 9.84 Å². The lowest BCUT2D eigenvalue weighted by atomic mass is 10.0. The molecule has 1 amide bonds. The number of amides is 1. The van der Waals surface area contributed by atoms with Gasteiger partial charge in [-0.3, -0.25) is 4.79 Å². The number of hydrogen-bond acceptors (Lipinski definition) is 3. The maximum absolute atomic E-state index is 11.5. The smallest absolute Gasteiger partial charge is 0.329 e. The maximum atomic E-state index is 11.5. The number of benzene rings is 1. The van der Waals surface area contributed by atoms with Gasteiger partial charge in [0, 0.05) is 0 Å². The summed E-state index contributed by atoms with van der Waals surface area (Å²) in [6, 6.07) is 7.62. The van der Waals surface area contributed by atoms with Crippen molar-refractivity contribution in [2.24, 2.45) is 0 Å². The minimum Gasteiger partial charge on any atom is -0.480 e. The molecule has 0 aliphatic rings. The highest BCUT2D eigenvalue weighted by atomic mass is 16.5. The normalized spacial score (nSPS) is 11.9. The van der Waals surface area contributed by atoms with E-state index in [0.717, 1.165) is 11.1 Å². The third kappa shape index (κ3) is 4.55. The van der Waals surface area contributed by atoms with Crippen LogP contribution in [0.15, 0.2) is 24.3 Å². The van der Waals surface area contributed by atoms with Crippen molar-refractivity contribution in [1.82, 2.24) is 5.32 Å². The Morgan fingerprint density at radius 3 is 2.61 bits per heavy atom. The van der Waals surface area contributed by atoms with Gasteiger partial charge in [-0.15, -0.1) is 0 Å². The number of carboxylic acids is 1. The average molecular weight is 251 g/mol. The molecule has 0 aliphatic carbocycles. The lowest BCUT2D eigenvalue weighted by Gasteiger charge is -2.16. The van der Waals surface area contributed by atoms with Crippen molar-refractivity contribution in [3.8, 4) is 0 Å². The van der Waals surface area contributed by atoms with E-state index in [-0.39, 0.29) is 18.6 Å². The second-order valence-corrected chi connectivity index (χ2v) is 4.03. The number of nitrogens with one attached hydrogen (secondary N) is 1. The van der Waals surface area contributed by atoms with Crippen molar-refractivity contribution in [3.63, 3.8) is 0 Å². The second kappa shape index (κ2) is 6.76. The predicted octanol–water partition coefficient (Wildman–Crippen LogP) is 1.27. The number of ether oxygens (including phenoxy) is 1.